The van der Waals surface area contributed by atoms with E-state index in [1.807, 2.05) is 0 Å². The molecule has 2 rings (SSSR count). The fraction of sp³-hybridized carbons (Fsp3) is 0.429. The average Bonchev–Trinajstić information content (AvgIpc) is 2.95. The molecule has 0 aliphatic heterocycles. The summed E-state index contributed by atoms with van der Waals surface area (Å²) in [6.07, 6.45) is 2.34. The van der Waals surface area contributed by atoms with E-state index in [2.05, 4.69) is 14.9 Å². The van der Waals surface area contributed by atoms with Crippen molar-refractivity contribution in [3.8, 4) is 0 Å². The second-order valence-corrected chi connectivity index (χ2v) is 6.80. The molecular weight excluding hydrogens is 323 g/mol. The first-order valence-corrected chi connectivity index (χ1v) is 8.73. The molecule has 0 saturated heterocycles. The minimum atomic E-state index is -3.54. The van der Waals surface area contributed by atoms with Crippen molar-refractivity contribution in [2.24, 2.45) is 0 Å². The number of sulfonamides is 1. The monoisotopic (exact) mass is 342 g/mol. The van der Waals surface area contributed by atoms with Crippen molar-refractivity contribution in [2.75, 3.05) is 13.7 Å². The fourth-order valence-electron chi connectivity index (χ4n) is 2.01. The molecule has 7 nitrogen and oxygen atoms in total. The van der Waals surface area contributed by atoms with Gasteiger partial charge in [-0.05, 0) is 24.1 Å². The number of halogens is 1. The zero-order chi connectivity index (χ0) is 16.7. The summed E-state index contributed by atoms with van der Waals surface area (Å²) >= 11 is 0. The number of ether oxygens (including phenoxy) is 1. The Morgan fingerprint density at radius 1 is 1.30 bits per heavy atom. The molecule has 0 bridgehead atoms. The van der Waals surface area contributed by atoms with E-state index in [0.717, 1.165) is 6.42 Å². The number of nitrogens with zero attached hydrogens (tertiary/aromatic N) is 3. The summed E-state index contributed by atoms with van der Waals surface area (Å²) in [6, 6.07) is 5.36. The Morgan fingerprint density at radius 2 is 2.04 bits per heavy atom. The summed E-state index contributed by atoms with van der Waals surface area (Å²) in [4.78, 5) is 0. The number of aryl methyl sites for hydroxylation is 1. The molecule has 0 radical (unpaired) electrons. The van der Waals surface area contributed by atoms with Gasteiger partial charge in [-0.25, -0.2) is 17.5 Å². The number of hydrogen-bond acceptors (Lipinski definition) is 5. The van der Waals surface area contributed by atoms with Crippen LogP contribution >= 0.6 is 0 Å². The summed E-state index contributed by atoms with van der Waals surface area (Å²) in [5.41, 5.74) is 0.514. The maximum Gasteiger partial charge on any atom is 0.216 e. The highest BCUT2D eigenvalue weighted by Crippen LogP contribution is 2.07. The standard InChI is InChI=1S/C14H19FN4O3S/c1-22-8-2-7-19-11-16-18-14(19)9-17-23(20,21)10-12-3-5-13(15)6-4-12/h3-6,11,17H,2,7-10H2,1H3. The normalized spacial score (nSPS) is 11.7. The van der Waals surface area contributed by atoms with E-state index in [-0.39, 0.29) is 12.3 Å². The Kier molecular flexibility index (Phi) is 6.20. The zero-order valence-electron chi connectivity index (χ0n) is 12.8. The van der Waals surface area contributed by atoms with E-state index in [9.17, 15) is 12.8 Å². The summed E-state index contributed by atoms with van der Waals surface area (Å²) in [6.45, 7) is 1.31. The molecule has 0 saturated carbocycles. The van der Waals surface area contributed by atoms with Gasteiger partial charge in [-0.2, -0.15) is 0 Å². The van der Waals surface area contributed by atoms with Crippen molar-refractivity contribution < 1.29 is 17.5 Å². The van der Waals surface area contributed by atoms with Gasteiger partial charge in [-0.1, -0.05) is 12.1 Å². The highest BCUT2D eigenvalue weighted by Gasteiger charge is 2.13. The SMILES string of the molecule is COCCCn1cnnc1CNS(=O)(=O)Cc1ccc(F)cc1. The van der Waals surface area contributed by atoms with E-state index in [4.69, 9.17) is 4.74 Å². The quantitative estimate of drug-likeness (QED) is 0.689. The molecule has 0 atom stereocenters. The highest BCUT2D eigenvalue weighted by molar-refractivity contribution is 7.88. The number of hydrogen-bond donors (Lipinski definition) is 1. The van der Waals surface area contributed by atoms with Gasteiger partial charge in [-0.15, -0.1) is 10.2 Å². The van der Waals surface area contributed by atoms with Crippen LogP contribution in [0.4, 0.5) is 4.39 Å². The maximum absolute atomic E-state index is 12.8. The predicted molar refractivity (Wildman–Crippen MR) is 82.4 cm³/mol. The number of benzene rings is 1. The van der Waals surface area contributed by atoms with Crippen LogP contribution in [0, 0.1) is 5.82 Å². The van der Waals surface area contributed by atoms with Gasteiger partial charge in [-0.3, -0.25) is 0 Å². The van der Waals surface area contributed by atoms with Crippen molar-refractivity contribution in [2.45, 2.75) is 25.3 Å². The third-order valence-corrected chi connectivity index (χ3v) is 4.46. The van der Waals surface area contributed by atoms with Gasteiger partial charge in [0, 0.05) is 20.3 Å². The van der Waals surface area contributed by atoms with Crippen LogP contribution in [0.15, 0.2) is 30.6 Å². The van der Waals surface area contributed by atoms with Gasteiger partial charge in [0.15, 0.2) is 0 Å². The molecular formula is C14H19FN4O3S. The summed E-state index contributed by atoms with van der Waals surface area (Å²) in [7, 11) is -1.92. The van der Waals surface area contributed by atoms with Gasteiger partial charge < -0.3 is 9.30 Å². The van der Waals surface area contributed by atoms with Crippen LogP contribution in [0.25, 0.3) is 0 Å². The van der Waals surface area contributed by atoms with E-state index < -0.39 is 15.8 Å². The first kappa shape index (κ1) is 17.5. The Bertz CT molecular complexity index is 716. The van der Waals surface area contributed by atoms with Crippen molar-refractivity contribution in [3.05, 3.63) is 47.8 Å². The van der Waals surface area contributed by atoms with Crippen LogP contribution in [-0.4, -0.2) is 36.9 Å². The molecule has 23 heavy (non-hydrogen) atoms. The number of nitrogens with one attached hydrogen (secondary N) is 1. The first-order valence-electron chi connectivity index (χ1n) is 7.07. The average molecular weight is 342 g/mol. The first-order chi connectivity index (χ1) is 11.0. The molecule has 1 aromatic heterocycles. The third-order valence-electron chi connectivity index (χ3n) is 3.16. The van der Waals surface area contributed by atoms with E-state index in [1.54, 1.807) is 18.0 Å². The zero-order valence-corrected chi connectivity index (χ0v) is 13.6. The maximum atomic E-state index is 12.8. The molecule has 1 heterocycles. The van der Waals surface area contributed by atoms with Crippen molar-refractivity contribution in [1.82, 2.24) is 19.5 Å². The second-order valence-electron chi connectivity index (χ2n) is 4.99. The Labute approximate surface area is 134 Å². The third kappa shape index (κ3) is 5.70. The van der Waals surface area contributed by atoms with Crippen LogP contribution in [-0.2, 0) is 33.6 Å². The summed E-state index contributed by atoms with van der Waals surface area (Å²) < 4.78 is 46.2. The minimum Gasteiger partial charge on any atom is -0.385 e. The molecule has 0 unspecified atom stereocenters. The lowest BCUT2D eigenvalue weighted by atomic mass is 10.2. The fourth-order valence-corrected chi connectivity index (χ4v) is 3.09. The molecule has 0 spiro atoms. The van der Waals surface area contributed by atoms with Gasteiger partial charge in [0.1, 0.15) is 18.0 Å². The van der Waals surface area contributed by atoms with Crippen molar-refractivity contribution in [3.63, 3.8) is 0 Å². The van der Waals surface area contributed by atoms with Crippen LogP contribution < -0.4 is 4.72 Å². The number of aromatic nitrogens is 3. The topological polar surface area (TPSA) is 86.1 Å². The number of methoxy groups -OCH3 is 1. The molecule has 126 valence electrons. The minimum absolute atomic E-state index is 0.0521. The van der Waals surface area contributed by atoms with Gasteiger partial charge in [0.05, 0.1) is 12.3 Å². The van der Waals surface area contributed by atoms with Gasteiger partial charge >= 0.3 is 0 Å². The molecule has 0 amide bonds. The van der Waals surface area contributed by atoms with Gasteiger partial charge in [0.25, 0.3) is 0 Å². The smallest absolute Gasteiger partial charge is 0.216 e. The van der Waals surface area contributed by atoms with E-state index in [0.29, 0.717) is 24.5 Å². The largest absolute Gasteiger partial charge is 0.385 e. The molecule has 0 fully saturated rings. The molecule has 1 N–H and O–H groups in total. The highest BCUT2D eigenvalue weighted by atomic mass is 32.2. The lowest BCUT2D eigenvalue weighted by Crippen LogP contribution is -2.26. The molecule has 9 heteroatoms. The lowest BCUT2D eigenvalue weighted by molar-refractivity contribution is 0.190. The van der Waals surface area contributed by atoms with Crippen molar-refractivity contribution in [1.29, 1.82) is 0 Å². The summed E-state index contributed by atoms with van der Waals surface area (Å²) in [5, 5.41) is 7.70. The molecule has 0 aliphatic carbocycles. The molecule has 0 aliphatic rings. The Balaban J connectivity index is 1.91. The number of rotatable bonds is 9. The second kappa shape index (κ2) is 8.14. The van der Waals surface area contributed by atoms with E-state index in [1.165, 1.54) is 24.3 Å². The van der Waals surface area contributed by atoms with Crippen LogP contribution in [0.1, 0.15) is 17.8 Å². The molecule has 2 aromatic rings. The lowest BCUT2D eigenvalue weighted by Gasteiger charge is -2.08. The van der Waals surface area contributed by atoms with Gasteiger partial charge in [0.2, 0.25) is 10.0 Å². The Morgan fingerprint density at radius 3 is 2.74 bits per heavy atom. The predicted octanol–water partition coefficient (Wildman–Crippen LogP) is 1.07. The van der Waals surface area contributed by atoms with Crippen LogP contribution in [0.3, 0.4) is 0 Å². The van der Waals surface area contributed by atoms with Crippen molar-refractivity contribution >= 4 is 10.0 Å². The van der Waals surface area contributed by atoms with Crippen LogP contribution in [0.5, 0.6) is 0 Å². The Hall–Kier alpha value is -1.84. The van der Waals surface area contributed by atoms with E-state index >= 15 is 0 Å². The molecule has 1 aromatic carbocycles. The van der Waals surface area contributed by atoms with Crippen LogP contribution in [0.2, 0.25) is 0 Å². The summed E-state index contributed by atoms with van der Waals surface area (Å²) in [5.74, 6) is -0.0856.